The first kappa shape index (κ1) is 15.0. The summed E-state index contributed by atoms with van der Waals surface area (Å²) >= 11 is 0. The van der Waals surface area contributed by atoms with Crippen molar-refractivity contribution in [2.24, 2.45) is 5.92 Å². The maximum absolute atomic E-state index is 4.92. The summed E-state index contributed by atoms with van der Waals surface area (Å²) in [7, 11) is 0. The second-order valence-electron chi connectivity index (χ2n) is 8.36. The van der Waals surface area contributed by atoms with Crippen LogP contribution in [0.5, 0.6) is 0 Å². The van der Waals surface area contributed by atoms with Gasteiger partial charge >= 0.3 is 0 Å². The number of nitrogens with one attached hydrogen (secondary N) is 1. The fraction of sp³-hybridized carbons (Fsp3) is 0.778. The van der Waals surface area contributed by atoms with Crippen molar-refractivity contribution in [2.75, 3.05) is 6.54 Å². The van der Waals surface area contributed by atoms with E-state index < -0.39 is 0 Å². The van der Waals surface area contributed by atoms with Crippen LogP contribution in [0.15, 0.2) is 0 Å². The zero-order valence-corrected chi connectivity index (χ0v) is 14.2. The molecule has 3 nitrogen and oxygen atoms in total. The van der Waals surface area contributed by atoms with Gasteiger partial charge in [0.1, 0.15) is 5.82 Å². The minimum atomic E-state index is 0.205. The molecule has 3 heteroatoms. The largest absolute Gasteiger partial charge is 0.312 e. The summed E-state index contributed by atoms with van der Waals surface area (Å²) in [6.45, 7) is 12.3. The van der Waals surface area contributed by atoms with Crippen molar-refractivity contribution in [2.45, 2.75) is 77.7 Å². The average molecular weight is 287 g/mol. The van der Waals surface area contributed by atoms with Gasteiger partial charge in [0.25, 0.3) is 0 Å². The van der Waals surface area contributed by atoms with E-state index in [-0.39, 0.29) is 11.0 Å². The number of hydrogen-bond acceptors (Lipinski definition) is 3. The topological polar surface area (TPSA) is 37.8 Å². The number of aromatic nitrogens is 2. The molecule has 3 rings (SSSR count). The third kappa shape index (κ3) is 3.28. The van der Waals surface area contributed by atoms with E-state index in [0.717, 1.165) is 31.1 Å². The molecule has 2 aliphatic carbocycles. The average Bonchev–Trinajstić information content (AvgIpc) is 3.15. The molecule has 1 unspecified atom stereocenters. The molecule has 1 N–H and O–H groups in total. The third-order valence-electron chi connectivity index (χ3n) is 5.04. The Morgan fingerprint density at radius 1 is 1.24 bits per heavy atom. The Morgan fingerprint density at radius 3 is 2.57 bits per heavy atom. The van der Waals surface area contributed by atoms with Gasteiger partial charge in [-0.2, -0.15) is 0 Å². The van der Waals surface area contributed by atoms with Gasteiger partial charge in [0.05, 0.1) is 0 Å². The summed E-state index contributed by atoms with van der Waals surface area (Å²) in [6.07, 6.45) is 6.02. The summed E-state index contributed by atoms with van der Waals surface area (Å²) in [5.74, 6) is 1.83. The minimum Gasteiger partial charge on any atom is -0.312 e. The van der Waals surface area contributed by atoms with E-state index in [1.165, 1.54) is 36.2 Å². The Labute approximate surface area is 129 Å². The van der Waals surface area contributed by atoms with Crippen LogP contribution in [0.2, 0.25) is 0 Å². The number of fused-ring (bicyclic) bond motifs is 1. The van der Waals surface area contributed by atoms with Gasteiger partial charge in [0.15, 0.2) is 0 Å². The summed E-state index contributed by atoms with van der Waals surface area (Å²) in [5, 5.41) is 3.65. The Balaban J connectivity index is 1.74. The fourth-order valence-corrected chi connectivity index (χ4v) is 3.17. The molecule has 0 saturated heterocycles. The van der Waals surface area contributed by atoms with Crippen LogP contribution in [0, 0.1) is 12.8 Å². The molecule has 21 heavy (non-hydrogen) atoms. The van der Waals surface area contributed by atoms with Gasteiger partial charge < -0.3 is 5.32 Å². The van der Waals surface area contributed by atoms with Crippen molar-refractivity contribution >= 4 is 0 Å². The lowest BCUT2D eigenvalue weighted by Crippen LogP contribution is -2.40. The standard InChI is InChI=1S/C18H29N3/c1-12-14-10-13(11-19-17(2,3)4)6-7-15(14)21-16(20-12)18(5)8-9-18/h13,19H,6-11H2,1-5H3. The molecule has 0 bridgehead atoms. The molecule has 1 fully saturated rings. The van der Waals surface area contributed by atoms with E-state index in [1.54, 1.807) is 0 Å². The van der Waals surface area contributed by atoms with E-state index in [2.05, 4.69) is 39.9 Å². The third-order valence-corrected chi connectivity index (χ3v) is 5.04. The van der Waals surface area contributed by atoms with Crippen LogP contribution < -0.4 is 5.32 Å². The first-order valence-corrected chi connectivity index (χ1v) is 8.39. The van der Waals surface area contributed by atoms with Gasteiger partial charge in [0.2, 0.25) is 0 Å². The van der Waals surface area contributed by atoms with Crippen LogP contribution in [0.3, 0.4) is 0 Å². The lowest BCUT2D eigenvalue weighted by Gasteiger charge is -2.29. The number of rotatable bonds is 3. The van der Waals surface area contributed by atoms with Crippen molar-refractivity contribution in [1.29, 1.82) is 0 Å². The van der Waals surface area contributed by atoms with Crippen molar-refractivity contribution < 1.29 is 0 Å². The molecule has 0 spiro atoms. The maximum Gasteiger partial charge on any atom is 0.134 e. The highest BCUT2D eigenvalue weighted by molar-refractivity contribution is 5.31. The lowest BCUT2D eigenvalue weighted by atomic mass is 9.85. The summed E-state index contributed by atoms with van der Waals surface area (Å²) in [6, 6.07) is 0. The van der Waals surface area contributed by atoms with Gasteiger partial charge in [-0.05, 0) is 77.8 Å². The fourth-order valence-electron chi connectivity index (χ4n) is 3.17. The van der Waals surface area contributed by atoms with Crippen LogP contribution in [0.1, 0.15) is 69.7 Å². The normalized spacial score (nSPS) is 23.8. The minimum absolute atomic E-state index is 0.205. The van der Waals surface area contributed by atoms with Crippen molar-refractivity contribution in [3.63, 3.8) is 0 Å². The van der Waals surface area contributed by atoms with Crippen molar-refractivity contribution in [3.8, 4) is 0 Å². The summed E-state index contributed by atoms with van der Waals surface area (Å²) in [4.78, 5) is 9.75. The predicted molar refractivity (Wildman–Crippen MR) is 86.6 cm³/mol. The first-order chi connectivity index (χ1) is 9.77. The van der Waals surface area contributed by atoms with E-state index in [4.69, 9.17) is 9.97 Å². The van der Waals surface area contributed by atoms with Gasteiger partial charge in [-0.3, -0.25) is 0 Å². The van der Waals surface area contributed by atoms with E-state index >= 15 is 0 Å². The number of hydrogen-bond donors (Lipinski definition) is 1. The smallest absolute Gasteiger partial charge is 0.134 e. The van der Waals surface area contributed by atoms with E-state index in [0.29, 0.717) is 0 Å². The SMILES string of the molecule is Cc1nc(C2(C)CC2)nc2c1CC(CNC(C)(C)C)CC2. The molecule has 1 saturated carbocycles. The van der Waals surface area contributed by atoms with Gasteiger partial charge in [-0.1, -0.05) is 6.92 Å². The zero-order chi connectivity index (χ0) is 15.3. The van der Waals surface area contributed by atoms with Crippen LogP contribution in [0.4, 0.5) is 0 Å². The molecule has 0 radical (unpaired) electrons. The molecule has 2 aliphatic rings. The highest BCUT2D eigenvalue weighted by atomic mass is 15.0. The van der Waals surface area contributed by atoms with Crippen LogP contribution in [-0.4, -0.2) is 22.1 Å². The van der Waals surface area contributed by atoms with Crippen molar-refractivity contribution in [3.05, 3.63) is 22.8 Å². The monoisotopic (exact) mass is 287 g/mol. The summed E-state index contributed by atoms with van der Waals surface area (Å²) in [5.41, 5.74) is 4.47. The molecule has 1 aromatic heterocycles. The Bertz CT molecular complexity index is 538. The number of aryl methyl sites for hydroxylation is 2. The summed E-state index contributed by atoms with van der Waals surface area (Å²) < 4.78 is 0. The molecule has 0 amide bonds. The molecule has 0 aromatic carbocycles. The van der Waals surface area contributed by atoms with Gasteiger partial charge in [0, 0.05) is 22.3 Å². The highest BCUT2D eigenvalue weighted by Gasteiger charge is 2.42. The Hall–Kier alpha value is -0.960. The quantitative estimate of drug-likeness (QED) is 0.926. The second kappa shape index (κ2) is 5.05. The number of nitrogens with zero attached hydrogens (tertiary/aromatic N) is 2. The molecule has 116 valence electrons. The lowest BCUT2D eigenvalue weighted by molar-refractivity contribution is 0.346. The van der Waals surface area contributed by atoms with Crippen molar-refractivity contribution in [1.82, 2.24) is 15.3 Å². The van der Waals surface area contributed by atoms with Crippen LogP contribution in [0.25, 0.3) is 0 Å². The zero-order valence-electron chi connectivity index (χ0n) is 14.2. The molecule has 0 aliphatic heterocycles. The molecular weight excluding hydrogens is 258 g/mol. The van der Waals surface area contributed by atoms with E-state index in [1.807, 2.05) is 0 Å². The molecular formula is C18H29N3. The molecule has 1 atom stereocenters. The Morgan fingerprint density at radius 2 is 1.95 bits per heavy atom. The van der Waals surface area contributed by atoms with Gasteiger partial charge in [-0.15, -0.1) is 0 Å². The molecule has 1 aromatic rings. The maximum atomic E-state index is 4.92. The van der Waals surface area contributed by atoms with Crippen LogP contribution in [-0.2, 0) is 18.3 Å². The first-order valence-electron chi connectivity index (χ1n) is 8.39. The second-order valence-corrected chi connectivity index (χ2v) is 8.36. The predicted octanol–water partition coefficient (Wildman–Crippen LogP) is 3.33. The van der Waals surface area contributed by atoms with Crippen LogP contribution >= 0.6 is 0 Å². The highest BCUT2D eigenvalue weighted by Crippen LogP contribution is 2.46. The van der Waals surface area contributed by atoms with E-state index in [9.17, 15) is 0 Å². The van der Waals surface area contributed by atoms with Gasteiger partial charge in [-0.25, -0.2) is 9.97 Å². The Kier molecular flexibility index (Phi) is 3.59. The molecule has 1 heterocycles.